The maximum Gasteiger partial charge on any atom is 0.327 e. The van der Waals surface area contributed by atoms with Gasteiger partial charge < -0.3 is 24.4 Å². The molecule has 1 aliphatic heterocycles. The van der Waals surface area contributed by atoms with Crippen LogP contribution in [-0.4, -0.2) is 63.2 Å². The Balaban J connectivity index is 2.41. The molecular weight excluding hydrogens is 330 g/mol. The van der Waals surface area contributed by atoms with Crippen LogP contribution in [0, 0.1) is 10.1 Å². The number of piperidine rings is 1. The number of hydrogen-bond donors (Lipinski definition) is 1. The molecule has 0 aromatic heterocycles. The second-order valence-corrected chi connectivity index (χ2v) is 5.85. The SMILES string of the molecule is COc1cc(C(=O)NC2CCN(C)CC2)c([N+](=O)[O-])c(OC)c1OC. The molecule has 1 fully saturated rings. The lowest BCUT2D eigenvalue weighted by atomic mass is 10.0. The minimum atomic E-state index is -0.648. The number of rotatable bonds is 6. The van der Waals surface area contributed by atoms with Gasteiger partial charge in [-0.3, -0.25) is 14.9 Å². The normalized spacial score (nSPS) is 15.5. The van der Waals surface area contributed by atoms with Crippen molar-refractivity contribution in [3.8, 4) is 17.2 Å². The number of likely N-dealkylation sites (tertiary alicyclic amines) is 1. The van der Waals surface area contributed by atoms with Gasteiger partial charge in [-0.25, -0.2) is 0 Å². The topological polar surface area (TPSA) is 103 Å². The molecule has 0 unspecified atom stereocenters. The number of nitrogens with zero attached hydrogens (tertiary/aromatic N) is 2. The third-order valence-corrected chi connectivity index (χ3v) is 4.28. The summed E-state index contributed by atoms with van der Waals surface area (Å²) in [4.78, 5) is 25.7. The van der Waals surface area contributed by atoms with Gasteiger partial charge in [0.25, 0.3) is 5.91 Å². The molecule has 1 amide bonds. The first-order valence-electron chi connectivity index (χ1n) is 7.89. The molecule has 0 radical (unpaired) electrons. The van der Waals surface area contributed by atoms with E-state index in [1.807, 2.05) is 7.05 Å². The molecule has 25 heavy (non-hydrogen) atoms. The fourth-order valence-electron chi connectivity index (χ4n) is 2.91. The van der Waals surface area contributed by atoms with Gasteiger partial charge in [0.2, 0.25) is 11.5 Å². The highest BCUT2D eigenvalue weighted by Gasteiger charge is 2.33. The van der Waals surface area contributed by atoms with Crippen LogP contribution in [-0.2, 0) is 0 Å². The summed E-state index contributed by atoms with van der Waals surface area (Å²) < 4.78 is 15.5. The molecule has 0 saturated carbocycles. The van der Waals surface area contributed by atoms with Crippen molar-refractivity contribution in [2.45, 2.75) is 18.9 Å². The average molecular weight is 353 g/mol. The smallest absolute Gasteiger partial charge is 0.327 e. The molecule has 0 atom stereocenters. The van der Waals surface area contributed by atoms with Crippen molar-refractivity contribution in [3.63, 3.8) is 0 Å². The third-order valence-electron chi connectivity index (χ3n) is 4.28. The Morgan fingerprint density at radius 2 is 1.80 bits per heavy atom. The number of carbonyl (C=O) groups is 1. The van der Waals surface area contributed by atoms with Gasteiger partial charge in [0.1, 0.15) is 5.56 Å². The zero-order valence-electron chi connectivity index (χ0n) is 14.8. The molecule has 0 aliphatic carbocycles. The Morgan fingerprint density at radius 1 is 1.20 bits per heavy atom. The van der Waals surface area contributed by atoms with Crippen molar-refractivity contribution in [2.24, 2.45) is 0 Å². The Hall–Kier alpha value is -2.55. The standard InChI is InChI=1S/C16H23N3O6/c1-18-7-5-10(6-8-18)17-16(20)11-9-12(23-2)14(24-3)15(25-4)13(11)19(21)22/h9-10H,5-8H2,1-4H3,(H,17,20). The summed E-state index contributed by atoms with van der Waals surface area (Å²) in [5.41, 5.74) is -0.552. The van der Waals surface area contributed by atoms with E-state index in [1.54, 1.807) is 0 Å². The van der Waals surface area contributed by atoms with Crippen molar-refractivity contribution in [1.82, 2.24) is 10.2 Å². The molecule has 9 nitrogen and oxygen atoms in total. The van der Waals surface area contributed by atoms with Crippen molar-refractivity contribution >= 4 is 11.6 Å². The number of amides is 1. The van der Waals surface area contributed by atoms with E-state index in [0.29, 0.717) is 0 Å². The number of methoxy groups -OCH3 is 3. The van der Waals surface area contributed by atoms with E-state index >= 15 is 0 Å². The minimum Gasteiger partial charge on any atom is -0.493 e. The molecule has 9 heteroatoms. The monoisotopic (exact) mass is 353 g/mol. The van der Waals surface area contributed by atoms with Crippen LogP contribution in [0.15, 0.2) is 6.07 Å². The lowest BCUT2D eigenvalue weighted by molar-refractivity contribution is -0.386. The first-order valence-corrected chi connectivity index (χ1v) is 7.89. The highest BCUT2D eigenvalue weighted by atomic mass is 16.6. The predicted octanol–water partition coefficient (Wildman–Crippen LogP) is 1.44. The molecule has 1 heterocycles. The maximum atomic E-state index is 12.7. The molecule has 1 saturated heterocycles. The summed E-state index contributed by atoms with van der Waals surface area (Å²) in [6.45, 7) is 1.73. The molecule has 1 N–H and O–H groups in total. The number of nitrogens with one attached hydrogen (secondary N) is 1. The van der Waals surface area contributed by atoms with Crippen LogP contribution in [0.1, 0.15) is 23.2 Å². The van der Waals surface area contributed by atoms with E-state index in [0.717, 1.165) is 25.9 Å². The summed E-state index contributed by atoms with van der Waals surface area (Å²) in [6, 6.07) is 1.28. The van der Waals surface area contributed by atoms with E-state index in [4.69, 9.17) is 14.2 Å². The molecule has 0 bridgehead atoms. The number of ether oxygens (including phenoxy) is 3. The molecule has 138 valence electrons. The fourth-order valence-corrected chi connectivity index (χ4v) is 2.91. The lowest BCUT2D eigenvalue weighted by Gasteiger charge is -2.29. The van der Waals surface area contributed by atoms with Gasteiger partial charge in [-0.15, -0.1) is 0 Å². The summed E-state index contributed by atoms with van der Waals surface area (Å²) in [5, 5.41) is 14.4. The predicted molar refractivity (Wildman–Crippen MR) is 90.7 cm³/mol. The van der Waals surface area contributed by atoms with Crippen LogP contribution >= 0.6 is 0 Å². The number of nitro groups is 1. The van der Waals surface area contributed by atoms with Gasteiger partial charge in [-0.05, 0) is 33.0 Å². The van der Waals surface area contributed by atoms with Crippen LogP contribution in [0.5, 0.6) is 17.2 Å². The number of benzene rings is 1. The first-order chi connectivity index (χ1) is 11.9. The lowest BCUT2D eigenvalue weighted by Crippen LogP contribution is -2.43. The molecule has 1 aromatic rings. The van der Waals surface area contributed by atoms with Crippen LogP contribution in [0.25, 0.3) is 0 Å². The zero-order valence-corrected chi connectivity index (χ0v) is 14.8. The quantitative estimate of drug-likeness (QED) is 0.610. The van der Waals surface area contributed by atoms with E-state index in [2.05, 4.69) is 10.2 Å². The van der Waals surface area contributed by atoms with Crippen molar-refractivity contribution in [1.29, 1.82) is 0 Å². The average Bonchev–Trinajstić information content (AvgIpc) is 2.61. The van der Waals surface area contributed by atoms with Gasteiger partial charge >= 0.3 is 5.69 Å². The molecule has 0 spiro atoms. The molecule has 1 aliphatic rings. The fraction of sp³-hybridized carbons (Fsp3) is 0.562. The van der Waals surface area contributed by atoms with E-state index in [1.165, 1.54) is 27.4 Å². The Bertz CT molecular complexity index is 656. The van der Waals surface area contributed by atoms with Crippen molar-refractivity contribution in [3.05, 3.63) is 21.7 Å². The van der Waals surface area contributed by atoms with Crippen LogP contribution in [0.2, 0.25) is 0 Å². The Labute approximate surface area is 146 Å². The number of hydrogen-bond acceptors (Lipinski definition) is 7. The summed E-state index contributed by atoms with van der Waals surface area (Å²) in [6.07, 6.45) is 1.58. The van der Waals surface area contributed by atoms with Crippen LogP contribution < -0.4 is 19.5 Å². The second kappa shape index (κ2) is 8.02. The Kier molecular flexibility index (Phi) is 6.02. The Morgan fingerprint density at radius 3 is 2.28 bits per heavy atom. The van der Waals surface area contributed by atoms with Gasteiger partial charge in [0.05, 0.1) is 26.3 Å². The van der Waals surface area contributed by atoms with Crippen LogP contribution in [0.3, 0.4) is 0 Å². The van der Waals surface area contributed by atoms with Gasteiger partial charge in [-0.1, -0.05) is 0 Å². The van der Waals surface area contributed by atoms with Crippen molar-refractivity contribution in [2.75, 3.05) is 41.5 Å². The van der Waals surface area contributed by atoms with Gasteiger partial charge in [-0.2, -0.15) is 0 Å². The molecule has 2 rings (SSSR count). The highest BCUT2D eigenvalue weighted by Crippen LogP contribution is 2.46. The zero-order chi connectivity index (χ0) is 18.6. The summed E-state index contributed by atoms with van der Waals surface area (Å²) in [7, 11) is 6.04. The van der Waals surface area contributed by atoms with Gasteiger partial charge in [0.15, 0.2) is 5.75 Å². The third kappa shape index (κ3) is 3.93. The van der Waals surface area contributed by atoms with Crippen molar-refractivity contribution < 1.29 is 23.9 Å². The van der Waals surface area contributed by atoms with Crippen LogP contribution in [0.4, 0.5) is 5.69 Å². The summed E-state index contributed by atoms with van der Waals surface area (Å²) in [5.74, 6) is -0.396. The summed E-state index contributed by atoms with van der Waals surface area (Å²) >= 11 is 0. The largest absolute Gasteiger partial charge is 0.493 e. The molecular formula is C16H23N3O6. The first kappa shape index (κ1) is 18.8. The van der Waals surface area contributed by atoms with E-state index in [9.17, 15) is 14.9 Å². The number of nitro benzene ring substituents is 1. The maximum absolute atomic E-state index is 12.7. The molecule has 1 aromatic carbocycles. The second-order valence-electron chi connectivity index (χ2n) is 5.85. The highest BCUT2D eigenvalue weighted by molar-refractivity contribution is 6.00. The minimum absolute atomic E-state index is 0.0256. The number of carbonyl (C=O) groups excluding carboxylic acids is 1. The van der Waals surface area contributed by atoms with E-state index < -0.39 is 16.5 Å². The van der Waals surface area contributed by atoms with Gasteiger partial charge in [0, 0.05) is 12.1 Å². The van der Waals surface area contributed by atoms with E-state index in [-0.39, 0.29) is 28.9 Å².